The first-order valence-electron chi connectivity index (χ1n) is 7.74. The second-order valence-electron chi connectivity index (χ2n) is 5.93. The number of aromatic nitrogens is 2. The summed E-state index contributed by atoms with van der Waals surface area (Å²) in [6.07, 6.45) is 2.44. The van der Waals surface area contributed by atoms with E-state index in [1.165, 1.54) is 12.8 Å². The topological polar surface area (TPSA) is 41.1 Å². The Morgan fingerprint density at radius 2 is 1.91 bits per heavy atom. The minimum atomic E-state index is 0.687. The van der Waals surface area contributed by atoms with Crippen molar-refractivity contribution >= 4 is 28.9 Å². The van der Waals surface area contributed by atoms with Crippen molar-refractivity contribution in [2.75, 3.05) is 23.3 Å². The van der Waals surface area contributed by atoms with E-state index in [1.807, 2.05) is 37.3 Å². The Labute approximate surface area is 136 Å². The number of benzene rings is 1. The van der Waals surface area contributed by atoms with E-state index in [0.29, 0.717) is 5.02 Å². The molecule has 0 spiro atoms. The van der Waals surface area contributed by atoms with Crippen molar-refractivity contribution in [3.8, 4) is 0 Å². The first-order chi connectivity index (χ1) is 10.6. The van der Waals surface area contributed by atoms with Crippen LogP contribution < -0.4 is 10.2 Å². The molecule has 1 fully saturated rings. The van der Waals surface area contributed by atoms with Gasteiger partial charge in [-0.2, -0.15) is 0 Å². The first-order valence-corrected chi connectivity index (χ1v) is 8.12. The molecule has 1 aliphatic heterocycles. The van der Waals surface area contributed by atoms with Crippen LogP contribution in [-0.2, 0) is 0 Å². The molecule has 1 aromatic heterocycles. The van der Waals surface area contributed by atoms with Gasteiger partial charge in [0, 0.05) is 19.2 Å². The third-order valence-corrected chi connectivity index (χ3v) is 4.40. The maximum Gasteiger partial charge on any atom is 0.136 e. The predicted octanol–water partition coefficient (Wildman–Crippen LogP) is 4.42. The van der Waals surface area contributed by atoms with Gasteiger partial charge in [-0.1, -0.05) is 30.7 Å². The van der Waals surface area contributed by atoms with Crippen LogP contribution in [0.15, 0.2) is 30.3 Å². The second kappa shape index (κ2) is 6.53. The average molecular weight is 317 g/mol. The molecule has 2 aromatic rings. The molecular formula is C17H21ClN4. The Bertz CT molecular complexity index is 651. The van der Waals surface area contributed by atoms with E-state index in [0.717, 1.165) is 42.2 Å². The van der Waals surface area contributed by atoms with Crippen LogP contribution in [0.1, 0.15) is 25.6 Å². The number of rotatable bonds is 3. The van der Waals surface area contributed by atoms with Crippen LogP contribution in [0.2, 0.25) is 5.02 Å². The lowest BCUT2D eigenvalue weighted by molar-refractivity contribution is 0.436. The third-order valence-electron chi connectivity index (χ3n) is 4.07. The number of hydrogen-bond acceptors (Lipinski definition) is 4. The lowest BCUT2D eigenvalue weighted by atomic mass is 9.99. The molecule has 1 N–H and O–H groups in total. The molecule has 5 heteroatoms. The summed E-state index contributed by atoms with van der Waals surface area (Å²) in [7, 11) is 0. The van der Waals surface area contributed by atoms with Crippen molar-refractivity contribution in [3.05, 3.63) is 41.2 Å². The molecule has 1 aliphatic rings. The molecule has 0 radical (unpaired) electrons. The zero-order valence-electron chi connectivity index (χ0n) is 13.0. The fourth-order valence-corrected chi connectivity index (χ4v) is 2.90. The largest absolute Gasteiger partial charge is 0.356 e. The zero-order chi connectivity index (χ0) is 15.5. The summed E-state index contributed by atoms with van der Waals surface area (Å²) in [6, 6.07) is 9.69. The third kappa shape index (κ3) is 3.50. The summed E-state index contributed by atoms with van der Waals surface area (Å²) < 4.78 is 0. The van der Waals surface area contributed by atoms with E-state index < -0.39 is 0 Å². The van der Waals surface area contributed by atoms with Gasteiger partial charge in [0.2, 0.25) is 0 Å². The highest BCUT2D eigenvalue weighted by atomic mass is 35.5. The smallest absolute Gasteiger partial charge is 0.136 e. The summed E-state index contributed by atoms with van der Waals surface area (Å²) in [5.41, 5.74) is 0.862. The molecule has 3 rings (SSSR count). The summed E-state index contributed by atoms with van der Waals surface area (Å²) in [4.78, 5) is 11.4. The van der Waals surface area contributed by atoms with E-state index >= 15 is 0 Å². The highest BCUT2D eigenvalue weighted by Gasteiger charge is 2.18. The lowest BCUT2D eigenvalue weighted by Gasteiger charge is -2.31. The molecule has 1 aromatic carbocycles. The Balaban J connectivity index is 1.82. The van der Waals surface area contributed by atoms with E-state index in [2.05, 4.69) is 27.1 Å². The summed E-state index contributed by atoms with van der Waals surface area (Å²) in [5, 5.41) is 3.98. The van der Waals surface area contributed by atoms with Gasteiger partial charge in [-0.25, -0.2) is 9.97 Å². The molecule has 0 saturated carbocycles. The van der Waals surface area contributed by atoms with Crippen molar-refractivity contribution in [3.63, 3.8) is 0 Å². The highest BCUT2D eigenvalue weighted by molar-refractivity contribution is 6.33. The Hall–Kier alpha value is -1.81. The average Bonchev–Trinajstić information content (AvgIpc) is 2.50. The molecule has 0 amide bonds. The van der Waals surface area contributed by atoms with Crippen molar-refractivity contribution in [1.82, 2.24) is 9.97 Å². The molecule has 1 saturated heterocycles. The number of nitrogens with one attached hydrogen (secondary N) is 1. The summed E-state index contributed by atoms with van der Waals surface area (Å²) >= 11 is 6.20. The van der Waals surface area contributed by atoms with Crippen molar-refractivity contribution in [2.24, 2.45) is 5.92 Å². The molecular weight excluding hydrogens is 296 g/mol. The van der Waals surface area contributed by atoms with Gasteiger partial charge in [0.15, 0.2) is 0 Å². The van der Waals surface area contributed by atoms with E-state index in [4.69, 9.17) is 11.6 Å². The van der Waals surface area contributed by atoms with E-state index in [1.54, 1.807) is 0 Å². The summed E-state index contributed by atoms with van der Waals surface area (Å²) in [5.74, 6) is 3.36. The van der Waals surface area contributed by atoms with Crippen LogP contribution in [0, 0.1) is 12.8 Å². The number of halogens is 1. The van der Waals surface area contributed by atoms with E-state index in [9.17, 15) is 0 Å². The number of para-hydroxylation sites is 1. The Morgan fingerprint density at radius 3 is 2.64 bits per heavy atom. The highest BCUT2D eigenvalue weighted by Crippen LogP contribution is 2.27. The SMILES string of the molecule is Cc1nc(Nc2ccccc2Cl)cc(N2CCC(C)CC2)n1. The molecule has 0 atom stereocenters. The van der Waals surface area contributed by atoms with Gasteiger partial charge in [-0.3, -0.25) is 0 Å². The van der Waals surface area contributed by atoms with Crippen molar-refractivity contribution < 1.29 is 0 Å². The Kier molecular flexibility index (Phi) is 4.48. The number of aryl methyl sites for hydroxylation is 1. The zero-order valence-corrected chi connectivity index (χ0v) is 13.8. The fraction of sp³-hybridized carbons (Fsp3) is 0.412. The van der Waals surface area contributed by atoms with E-state index in [-0.39, 0.29) is 0 Å². The lowest BCUT2D eigenvalue weighted by Crippen LogP contribution is -2.33. The molecule has 4 nitrogen and oxygen atoms in total. The molecule has 0 bridgehead atoms. The molecule has 22 heavy (non-hydrogen) atoms. The predicted molar refractivity (Wildman–Crippen MR) is 92.1 cm³/mol. The van der Waals surface area contributed by atoms with Gasteiger partial charge in [0.25, 0.3) is 0 Å². The van der Waals surface area contributed by atoms with Crippen LogP contribution in [-0.4, -0.2) is 23.1 Å². The van der Waals surface area contributed by atoms with Gasteiger partial charge in [-0.05, 0) is 37.8 Å². The van der Waals surface area contributed by atoms with Gasteiger partial charge in [0.1, 0.15) is 17.5 Å². The number of hydrogen-bond donors (Lipinski definition) is 1. The quantitative estimate of drug-likeness (QED) is 0.910. The first kappa shape index (κ1) is 15.1. The molecule has 0 aliphatic carbocycles. The maximum absolute atomic E-state index is 6.20. The summed E-state index contributed by atoms with van der Waals surface area (Å²) in [6.45, 7) is 6.35. The van der Waals surface area contributed by atoms with Gasteiger partial charge < -0.3 is 10.2 Å². The maximum atomic E-state index is 6.20. The monoisotopic (exact) mass is 316 g/mol. The van der Waals surface area contributed by atoms with Crippen molar-refractivity contribution in [1.29, 1.82) is 0 Å². The van der Waals surface area contributed by atoms with Crippen molar-refractivity contribution in [2.45, 2.75) is 26.7 Å². The van der Waals surface area contributed by atoms with Crippen LogP contribution >= 0.6 is 11.6 Å². The Morgan fingerprint density at radius 1 is 1.18 bits per heavy atom. The minimum Gasteiger partial charge on any atom is -0.356 e. The number of piperidine rings is 1. The molecule has 2 heterocycles. The second-order valence-corrected chi connectivity index (χ2v) is 6.34. The van der Waals surface area contributed by atoms with Crippen LogP contribution in [0.5, 0.6) is 0 Å². The van der Waals surface area contributed by atoms with Gasteiger partial charge in [0.05, 0.1) is 10.7 Å². The van der Waals surface area contributed by atoms with Crippen LogP contribution in [0.25, 0.3) is 0 Å². The standard InChI is InChI=1S/C17H21ClN4/c1-12-7-9-22(10-8-12)17-11-16(19-13(2)20-17)21-15-6-4-3-5-14(15)18/h3-6,11-12H,7-10H2,1-2H3,(H,19,20,21). The van der Waals surface area contributed by atoms with Gasteiger partial charge in [-0.15, -0.1) is 0 Å². The molecule has 0 unspecified atom stereocenters. The normalized spacial score (nSPS) is 15.9. The number of nitrogens with zero attached hydrogens (tertiary/aromatic N) is 3. The van der Waals surface area contributed by atoms with Crippen LogP contribution in [0.4, 0.5) is 17.3 Å². The fourth-order valence-electron chi connectivity index (χ4n) is 2.72. The minimum absolute atomic E-state index is 0.687. The molecule has 116 valence electrons. The van der Waals surface area contributed by atoms with Gasteiger partial charge >= 0.3 is 0 Å². The van der Waals surface area contributed by atoms with Crippen LogP contribution in [0.3, 0.4) is 0 Å². The number of anilines is 3.